The van der Waals surface area contributed by atoms with Gasteiger partial charge >= 0.3 is 0 Å². The van der Waals surface area contributed by atoms with Crippen molar-refractivity contribution in [3.63, 3.8) is 0 Å². The molecule has 4 N–H and O–H groups in total. The fourth-order valence-electron chi connectivity index (χ4n) is 2.86. The number of carbonyl (C=O) groups excluding carboxylic acids is 1. The Morgan fingerprint density at radius 3 is 2.89 bits per heavy atom. The van der Waals surface area contributed by atoms with E-state index in [0.29, 0.717) is 24.0 Å². The van der Waals surface area contributed by atoms with Crippen LogP contribution in [0.25, 0.3) is 0 Å². The summed E-state index contributed by atoms with van der Waals surface area (Å²) in [6.07, 6.45) is 3.55. The predicted octanol–water partition coefficient (Wildman–Crippen LogP) is 1.28. The Hall–Kier alpha value is -1.39. The highest BCUT2D eigenvalue weighted by molar-refractivity contribution is 5.92. The van der Waals surface area contributed by atoms with Gasteiger partial charge in [0.15, 0.2) is 0 Å². The van der Waals surface area contributed by atoms with E-state index < -0.39 is 5.91 Å². The number of benzene rings is 1. The zero-order valence-electron chi connectivity index (χ0n) is 11.1. The standard InChI is InChI=1S/C15H22N2O2/c16-15(19)12-4-1-3-11(7-12)8-17-9-13-5-2-6-14(13)10-18/h1,3-4,7,13-14,17-18H,2,5-6,8-10H2,(H2,16,19). The van der Waals surface area contributed by atoms with Gasteiger partial charge in [0, 0.05) is 18.7 Å². The molecule has 4 heteroatoms. The number of aliphatic hydroxyl groups is 1. The maximum absolute atomic E-state index is 11.1. The SMILES string of the molecule is NC(=O)c1cccc(CNCC2CCCC2CO)c1. The average Bonchev–Trinajstić information content (AvgIpc) is 2.86. The number of hydrogen-bond acceptors (Lipinski definition) is 3. The van der Waals surface area contributed by atoms with Crippen LogP contribution in [0.5, 0.6) is 0 Å². The second-order valence-electron chi connectivity index (χ2n) is 5.33. The minimum atomic E-state index is -0.391. The van der Waals surface area contributed by atoms with Gasteiger partial charge in [-0.05, 0) is 48.9 Å². The highest BCUT2D eigenvalue weighted by Crippen LogP contribution is 2.30. The molecule has 2 atom stereocenters. The Kier molecular flexibility index (Phi) is 4.93. The Labute approximate surface area is 114 Å². The first-order chi connectivity index (χ1) is 9.20. The van der Waals surface area contributed by atoms with Crippen molar-refractivity contribution in [2.75, 3.05) is 13.2 Å². The summed E-state index contributed by atoms with van der Waals surface area (Å²) in [4.78, 5) is 11.1. The molecule has 1 saturated carbocycles. The van der Waals surface area contributed by atoms with Crippen LogP contribution in [-0.4, -0.2) is 24.2 Å². The summed E-state index contributed by atoms with van der Waals surface area (Å²) >= 11 is 0. The number of carbonyl (C=O) groups is 1. The summed E-state index contributed by atoms with van der Waals surface area (Å²) in [7, 11) is 0. The normalized spacial score (nSPS) is 22.6. The van der Waals surface area contributed by atoms with E-state index in [1.807, 2.05) is 18.2 Å². The lowest BCUT2D eigenvalue weighted by atomic mass is 9.97. The molecule has 104 valence electrons. The molecule has 0 aromatic heterocycles. The van der Waals surface area contributed by atoms with Crippen LogP contribution in [0.4, 0.5) is 0 Å². The molecule has 2 rings (SSSR count). The van der Waals surface area contributed by atoms with Crippen LogP contribution < -0.4 is 11.1 Å². The Morgan fingerprint density at radius 2 is 2.16 bits per heavy atom. The van der Waals surface area contributed by atoms with E-state index in [1.165, 1.54) is 12.8 Å². The number of nitrogens with two attached hydrogens (primary N) is 1. The molecule has 0 saturated heterocycles. The molecule has 0 spiro atoms. The van der Waals surface area contributed by atoms with Gasteiger partial charge in [-0.1, -0.05) is 18.6 Å². The summed E-state index contributed by atoms with van der Waals surface area (Å²) in [5.41, 5.74) is 6.87. The highest BCUT2D eigenvalue weighted by atomic mass is 16.3. The zero-order chi connectivity index (χ0) is 13.7. The summed E-state index contributed by atoms with van der Waals surface area (Å²) < 4.78 is 0. The molecule has 4 nitrogen and oxygen atoms in total. The van der Waals surface area contributed by atoms with Crippen LogP contribution in [0.15, 0.2) is 24.3 Å². The van der Waals surface area contributed by atoms with Crippen molar-refractivity contribution in [2.45, 2.75) is 25.8 Å². The third-order valence-corrected chi connectivity index (χ3v) is 4.00. The molecule has 0 bridgehead atoms. The van der Waals surface area contributed by atoms with Crippen LogP contribution in [0, 0.1) is 11.8 Å². The van der Waals surface area contributed by atoms with Gasteiger partial charge < -0.3 is 16.2 Å². The number of nitrogens with one attached hydrogen (secondary N) is 1. The largest absolute Gasteiger partial charge is 0.396 e. The summed E-state index contributed by atoms with van der Waals surface area (Å²) in [5, 5.41) is 12.7. The number of aliphatic hydroxyl groups excluding tert-OH is 1. The lowest BCUT2D eigenvalue weighted by molar-refractivity contribution is 0.1000. The van der Waals surface area contributed by atoms with Crippen molar-refractivity contribution in [1.82, 2.24) is 5.32 Å². The van der Waals surface area contributed by atoms with Crippen LogP contribution in [0.3, 0.4) is 0 Å². The van der Waals surface area contributed by atoms with Gasteiger partial charge in [0.05, 0.1) is 0 Å². The Bertz CT molecular complexity index is 434. The Balaban J connectivity index is 1.82. The van der Waals surface area contributed by atoms with Crippen LogP contribution in [-0.2, 0) is 6.54 Å². The van der Waals surface area contributed by atoms with E-state index in [1.54, 1.807) is 6.07 Å². The van der Waals surface area contributed by atoms with E-state index >= 15 is 0 Å². The number of amides is 1. The van der Waals surface area contributed by atoms with Crippen LogP contribution in [0.2, 0.25) is 0 Å². The number of hydrogen-bond donors (Lipinski definition) is 3. The van der Waals surface area contributed by atoms with Crippen LogP contribution in [0.1, 0.15) is 35.2 Å². The van der Waals surface area contributed by atoms with E-state index in [-0.39, 0.29) is 0 Å². The molecule has 2 unspecified atom stereocenters. The maximum Gasteiger partial charge on any atom is 0.248 e. The molecule has 0 aliphatic heterocycles. The summed E-state index contributed by atoms with van der Waals surface area (Å²) in [5.74, 6) is 0.631. The molecule has 1 amide bonds. The monoisotopic (exact) mass is 262 g/mol. The second kappa shape index (κ2) is 6.68. The van der Waals surface area contributed by atoms with Crippen molar-refractivity contribution in [3.8, 4) is 0 Å². The quantitative estimate of drug-likeness (QED) is 0.723. The molecule has 19 heavy (non-hydrogen) atoms. The van der Waals surface area contributed by atoms with Gasteiger partial charge in [-0.2, -0.15) is 0 Å². The smallest absolute Gasteiger partial charge is 0.248 e. The van der Waals surface area contributed by atoms with Gasteiger partial charge in [-0.25, -0.2) is 0 Å². The topological polar surface area (TPSA) is 75.4 Å². The number of rotatable bonds is 6. The zero-order valence-corrected chi connectivity index (χ0v) is 11.1. The highest BCUT2D eigenvalue weighted by Gasteiger charge is 2.25. The minimum Gasteiger partial charge on any atom is -0.396 e. The first kappa shape index (κ1) is 14.0. The molecule has 1 aliphatic rings. The minimum absolute atomic E-state index is 0.295. The Morgan fingerprint density at radius 1 is 1.37 bits per heavy atom. The van der Waals surface area contributed by atoms with Crippen molar-refractivity contribution in [1.29, 1.82) is 0 Å². The summed E-state index contributed by atoms with van der Waals surface area (Å²) in [6.45, 7) is 1.95. The van der Waals surface area contributed by atoms with Crippen LogP contribution >= 0.6 is 0 Å². The fourth-order valence-corrected chi connectivity index (χ4v) is 2.86. The molecular formula is C15H22N2O2. The van der Waals surface area contributed by atoms with E-state index in [4.69, 9.17) is 5.73 Å². The van der Waals surface area contributed by atoms with E-state index in [0.717, 1.165) is 25.1 Å². The van der Waals surface area contributed by atoms with Gasteiger partial charge in [0.2, 0.25) is 5.91 Å². The van der Waals surface area contributed by atoms with Crippen molar-refractivity contribution >= 4 is 5.91 Å². The fraction of sp³-hybridized carbons (Fsp3) is 0.533. The third kappa shape index (κ3) is 3.78. The first-order valence-electron chi connectivity index (χ1n) is 6.91. The number of primary amides is 1. The molecule has 1 aliphatic carbocycles. The molecule has 1 fully saturated rings. The van der Waals surface area contributed by atoms with Crippen molar-refractivity contribution in [2.24, 2.45) is 17.6 Å². The first-order valence-corrected chi connectivity index (χ1v) is 6.91. The predicted molar refractivity (Wildman–Crippen MR) is 74.6 cm³/mol. The second-order valence-corrected chi connectivity index (χ2v) is 5.33. The molecular weight excluding hydrogens is 240 g/mol. The third-order valence-electron chi connectivity index (χ3n) is 4.00. The van der Waals surface area contributed by atoms with Crippen molar-refractivity contribution < 1.29 is 9.90 Å². The average molecular weight is 262 g/mol. The van der Waals surface area contributed by atoms with Gasteiger partial charge in [-0.3, -0.25) is 4.79 Å². The van der Waals surface area contributed by atoms with Gasteiger partial charge in [0.1, 0.15) is 0 Å². The maximum atomic E-state index is 11.1. The van der Waals surface area contributed by atoms with E-state index in [2.05, 4.69) is 5.32 Å². The van der Waals surface area contributed by atoms with Crippen molar-refractivity contribution in [3.05, 3.63) is 35.4 Å². The lowest BCUT2D eigenvalue weighted by Crippen LogP contribution is -2.26. The summed E-state index contributed by atoms with van der Waals surface area (Å²) in [6, 6.07) is 7.39. The van der Waals surface area contributed by atoms with Gasteiger partial charge in [-0.15, -0.1) is 0 Å². The molecule has 0 heterocycles. The molecule has 0 radical (unpaired) electrons. The van der Waals surface area contributed by atoms with E-state index in [9.17, 15) is 9.90 Å². The van der Waals surface area contributed by atoms with Gasteiger partial charge in [0.25, 0.3) is 0 Å². The lowest BCUT2D eigenvalue weighted by Gasteiger charge is -2.17. The molecule has 1 aromatic rings. The molecule has 1 aromatic carbocycles.